The van der Waals surface area contributed by atoms with Crippen molar-refractivity contribution in [3.8, 4) is 11.1 Å². The van der Waals surface area contributed by atoms with Crippen molar-refractivity contribution < 1.29 is 52.7 Å². The van der Waals surface area contributed by atoms with Gasteiger partial charge >= 0.3 is 24.7 Å². The number of fused-ring (bicyclic) bond motifs is 11. The smallest absolute Gasteiger partial charge is 0.310 e. The van der Waals surface area contributed by atoms with E-state index < -0.39 is 53.8 Å². The number of nitrogens with zero attached hydrogens (tertiary/aromatic N) is 4. The Morgan fingerprint density at radius 3 is 0.588 bits per heavy atom. The highest BCUT2D eigenvalue weighted by Crippen LogP contribution is 2.64. The summed E-state index contributed by atoms with van der Waals surface area (Å²) in [6.07, 6.45) is -19.1. The topological polar surface area (TPSA) is 13.0 Å². The molecule has 5 aliphatic rings. The zero-order chi connectivity index (χ0) is 66.7. The standard InChI is InChI=1S/C81H50F12N4/c82-78(83,84)73-55-23-3-13-33-65(55)94(66-34-14-4-24-56(66)73)49-41-47(42-50(45-49)95-67-35-15-5-25-57(67)74(79(85,86)87)58-26-6-16-36-68(58)95)77(63-31-11-1-21-53(63)54-22-2-12-32-64(54)77)48-43-51(96-69-37-17-7-27-59(69)75(80(88,89)90)60-28-8-18-38-70(60)96)46-52(44-48)97-71-39-19-9-29-61(71)76(81(91,92)93)62-30-10-20-40-72(62)97/h1-46,73-76H. The van der Waals surface area contributed by atoms with E-state index >= 15 is 52.7 Å². The average Bonchev–Trinajstić information content (AvgIpc) is 1.61. The van der Waals surface area contributed by atoms with Gasteiger partial charge in [-0.05, 0) is 163 Å². The molecule has 0 bridgehead atoms. The zero-order valence-electron chi connectivity index (χ0n) is 50.7. The van der Waals surface area contributed by atoms with Crippen LogP contribution in [0.2, 0.25) is 0 Å². The van der Waals surface area contributed by atoms with Crippen LogP contribution in [-0.2, 0) is 5.41 Å². The van der Waals surface area contributed by atoms with E-state index in [1.807, 2.05) is 72.8 Å². The van der Waals surface area contributed by atoms with Gasteiger partial charge in [0, 0.05) is 22.7 Å². The molecule has 478 valence electrons. The molecular formula is C81H50F12N4. The van der Waals surface area contributed by atoms with Gasteiger partial charge in [0.1, 0.15) is 23.7 Å². The second-order valence-electron chi connectivity index (χ2n) is 25.0. The average molecular weight is 1310 g/mol. The molecule has 0 spiro atoms. The maximum Gasteiger partial charge on any atom is 0.399 e. The van der Waals surface area contributed by atoms with Crippen LogP contribution in [0.25, 0.3) is 11.1 Å². The number of anilines is 12. The summed E-state index contributed by atoms with van der Waals surface area (Å²) in [5.41, 5.74) is 4.13. The summed E-state index contributed by atoms with van der Waals surface area (Å²) in [5, 5.41) is 0. The largest absolute Gasteiger partial charge is 0.399 e. The fourth-order valence-electron chi connectivity index (χ4n) is 16.4. The van der Waals surface area contributed by atoms with Crippen molar-refractivity contribution in [1.29, 1.82) is 0 Å². The van der Waals surface area contributed by atoms with E-state index in [9.17, 15) is 0 Å². The van der Waals surface area contributed by atoms with Crippen molar-refractivity contribution in [3.63, 3.8) is 0 Å². The molecule has 97 heavy (non-hydrogen) atoms. The molecule has 12 aromatic rings. The molecule has 4 aliphatic heterocycles. The molecule has 0 unspecified atom stereocenters. The van der Waals surface area contributed by atoms with E-state index in [0.717, 1.165) is 11.1 Å². The second-order valence-corrected chi connectivity index (χ2v) is 25.0. The maximum atomic E-state index is 15.9. The van der Waals surface area contributed by atoms with Crippen LogP contribution in [-0.4, -0.2) is 24.7 Å². The number of alkyl halides is 12. The van der Waals surface area contributed by atoms with Crippen molar-refractivity contribution in [2.24, 2.45) is 0 Å². The summed E-state index contributed by atoms with van der Waals surface area (Å²) in [7, 11) is 0. The van der Waals surface area contributed by atoms with E-state index in [2.05, 4.69) is 0 Å². The van der Waals surface area contributed by atoms with E-state index in [-0.39, 0.29) is 90.0 Å². The van der Waals surface area contributed by atoms with E-state index in [0.29, 0.717) is 45.0 Å². The van der Waals surface area contributed by atoms with Crippen molar-refractivity contribution in [2.75, 3.05) is 19.6 Å². The Morgan fingerprint density at radius 2 is 0.392 bits per heavy atom. The molecule has 0 amide bonds. The van der Waals surface area contributed by atoms with Gasteiger partial charge in [-0.3, -0.25) is 0 Å². The molecule has 0 N–H and O–H groups in total. The molecule has 0 fully saturated rings. The lowest BCUT2D eigenvalue weighted by Crippen LogP contribution is -2.33. The molecule has 1 aliphatic carbocycles. The Balaban J connectivity index is 1.03. The Bertz CT molecular complexity index is 4410. The molecule has 17 rings (SSSR count). The highest BCUT2D eigenvalue weighted by Gasteiger charge is 2.54. The van der Waals surface area contributed by atoms with Crippen molar-refractivity contribution >= 4 is 68.2 Å². The zero-order valence-corrected chi connectivity index (χ0v) is 50.7. The van der Waals surface area contributed by atoms with Crippen LogP contribution in [0.3, 0.4) is 0 Å². The first kappa shape index (κ1) is 59.7. The number of hydrogen-bond acceptors (Lipinski definition) is 4. The van der Waals surface area contributed by atoms with Gasteiger partial charge in [-0.25, -0.2) is 0 Å². The predicted molar refractivity (Wildman–Crippen MR) is 354 cm³/mol. The van der Waals surface area contributed by atoms with Crippen LogP contribution in [0.4, 0.5) is 121 Å². The fourth-order valence-corrected chi connectivity index (χ4v) is 16.4. The van der Waals surface area contributed by atoms with Crippen LogP contribution < -0.4 is 19.6 Å². The molecule has 0 saturated heterocycles. The first-order valence-corrected chi connectivity index (χ1v) is 31.4. The molecule has 12 aromatic carbocycles. The quantitative estimate of drug-likeness (QED) is 0.154. The van der Waals surface area contributed by atoms with Gasteiger partial charge < -0.3 is 19.6 Å². The third kappa shape index (κ3) is 9.01. The molecule has 16 heteroatoms. The minimum Gasteiger partial charge on any atom is -0.310 e. The molecular weight excluding hydrogens is 1260 g/mol. The van der Waals surface area contributed by atoms with Gasteiger partial charge in [-0.2, -0.15) is 52.7 Å². The minimum absolute atomic E-state index is 0.0596. The fraction of sp³-hybridized carbons (Fsp3) is 0.111. The molecule has 0 aromatic heterocycles. The SMILES string of the molecule is FC(F)(F)C1c2ccccc2N(c2cc(N3c4ccccc4C(C(F)(F)F)c4ccccc43)cc(C3(c4cc(N5c6ccccc6C(C(F)(F)F)c6ccccc65)cc(N5c6ccccc6C(C(F)(F)F)c6ccccc65)c4)c4ccccc4-c4ccccc43)c2)c2ccccc21. The molecule has 0 atom stereocenters. The van der Waals surface area contributed by atoms with Gasteiger partial charge in [-0.1, -0.05) is 194 Å². The summed E-state index contributed by atoms with van der Waals surface area (Å²) in [6.45, 7) is 0. The summed E-state index contributed by atoms with van der Waals surface area (Å²) < 4.78 is 191. The number of benzene rings is 12. The van der Waals surface area contributed by atoms with Crippen molar-refractivity contribution in [1.82, 2.24) is 0 Å². The summed E-state index contributed by atoms with van der Waals surface area (Å²) >= 11 is 0. The number of hydrogen-bond donors (Lipinski definition) is 0. The number of para-hydroxylation sites is 8. The Morgan fingerprint density at radius 1 is 0.216 bits per heavy atom. The van der Waals surface area contributed by atoms with E-state index in [4.69, 9.17) is 0 Å². The highest BCUT2D eigenvalue weighted by atomic mass is 19.4. The van der Waals surface area contributed by atoms with Crippen LogP contribution >= 0.6 is 0 Å². The minimum atomic E-state index is -4.78. The summed E-state index contributed by atoms with van der Waals surface area (Å²) in [6, 6.07) is 76.2. The van der Waals surface area contributed by atoms with E-state index in [1.54, 1.807) is 177 Å². The first-order chi connectivity index (χ1) is 46.7. The molecule has 0 radical (unpaired) electrons. The lowest BCUT2D eigenvalue weighted by Gasteiger charge is -2.43. The summed E-state index contributed by atoms with van der Waals surface area (Å²) in [5.74, 6) is -8.30. The Hall–Kier alpha value is -11.0. The highest BCUT2D eigenvalue weighted by molar-refractivity contribution is 5.96. The summed E-state index contributed by atoms with van der Waals surface area (Å²) in [4.78, 5) is 7.00. The van der Waals surface area contributed by atoms with Gasteiger partial charge in [0.25, 0.3) is 0 Å². The first-order valence-electron chi connectivity index (χ1n) is 31.4. The Kier molecular flexibility index (Phi) is 13.2. The van der Waals surface area contributed by atoms with Gasteiger partial charge in [0.05, 0.1) is 50.9 Å². The predicted octanol–water partition coefficient (Wildman–Crippen LogP) is 24.0. The van der Waals surface area contributed by atoms with Crippen molar-refractivity contribution in [3.05, 3.63) is 346 Å². The van der Waals surface area contributed by atoms with Crippen LogP contribution in [0.5, 0.6) is 0 Å². The number of rotatable bonds is 6. The maximum absolute atomic E-state index is 15.9. The molecule has 4 heterocycles. The lowest BCUT2D eigenvalue weighted by atomic mass is 9.67. The third-order valence-electron chi connectivity index (χ3n) is 19.9. The normalized spacial score (nSPS) is 15.7. The second kappa shape index (κ2) is 21.5. The van der Waals surface area contributed by atoms with Crippen LogP contribution in [0.1, 0.15) is 90.4 Å². The molecule has 0 saturated carbocycles. The van der Waals surface area contributed by atoms with Crippen molar-refractivity contribution in [2.45, 2.75) is 53.8 Å². The van der Waals surface area contributed by atoms with Crippen LogP contribution in [0.15, 0.2) is 279 Å². The van der Waals surface area contributed by atoms with Gasteiger partial charge in [0.2, 0.25) is 0 Å². The third-order valence-corrected chi connectivity index (χ3v) is 19.9. The lowest BCUT2D eigenvalue weighted by molar-refractivity contribution is -0.142. The Labute approximate surface area is 548 Å². The van der Waals surface area contributed by atoms with E-state index in [1.165, 1.54) is 48.5 Å². The van der Waals surface area contributed by atoms with Crippen LogP contribution in [0, 0.1) is 0 Å². The molecule has 4 nitrogen and oxygen atoms in total. The number of halogens is 12. The van der Waals surface area contributed by atoms with Gasteiger partial charge in [-0.15, -0.1) is 0 Å². The monoisotopic (exact) mass is 1310 g/mol. The van der Waals surface area contributed by atoms with Gasteiger partial charge in [0.15, 0.2) is 0 Å².